The van der Waals surface area contributed by atoms with E-state index in [1.165, 1.54) is 0 Å². The maximum atomic E-state index is 11.9. The van der Waals surface area contributed by atoms with E-state index in [2.05, 4.69) is 17.2 Å². The molecule has 2 N–H and O–H groups in total. The third-order valence-electron chi connectivity index (χ3n) is 2.88. The highest BCUT2D eigenvalue weighted by Crippen LogP contribution is 2.14. The zero-order valence-electron chi connectivity index (χ0n) is 10.7. The standard InChI is InChI=1S/C12H21N3O2/c1-5-9(4)13-12(17)14-10-6-7-15(8(2)3)11(10)16/h5,8-10H,1,6-7H2,2-4H3,(H2,13,14,17). The van der Waals surface area contributed by atoms with Crippen LogP contribution in [0.1, 0.15) is 27.2 Å². The molecule has 96 valence electrons. The second kappa shape index (κ2) is 5.70. The van der Waals surface area contributed by atoms with Crippen molar-refractivity contribution in [1.82, 2.24) is 15.5 Å². The molecule has 0 bridgehead atoms. The summed E-state index contributed by atoms with van der Waals surface area (Å²) in [6, 6.07) is -0.632. The smallest absolute Gasteiger partial charge is 0.315 e. The van der Waals surface area contributed by atoms with Gasteiger partial charge in [0.2, 0.25) is 5.91 Å². The molecule has 1 saturated heterocycles. The Morgan fingerprint density at radius 3 is 2.65 bits per heavy atom. The van der Waals surface area contributed by atoms with E-state index >= 15 is 0 Å². The molecule has 5 heteroatoms. The lowest BCUT2D eigenvalue weighted by Crippen LogP contribution is -2.48. The molecule has 1 heterocycles. The minimum atomic E-state index is -0.394. The van der Waals surface area contributed by atoms with Crippen LogP contribution in [0.3, 0.4) is 0 Å². The highest BCUT2D eigenvalue weighted by molar-refractivity contribution is 5.88. The van der Waals surface area contributed by atoms with Crippen LogP contribution >= 0.6 is 0 Å². The number of nitrogens with one attached hydrogen (secondary N) is 2. The number of hydrogen-bond acceptors (Lipinski definition) is 2. The molecular formula is C12H21N3O2. The lowest BCUT2D eigenvalue weighted by atomic mass is 10.2. The molecule has 17 heavy (non-hydrogen) atoms. The minimum absolute atomic E-state index is 0.00130. The summed E-state index contributed by atoms with van der Waals surface area (Å²) in [4.78, 5) is 25.2. The first-order valence-corrected chi connectivity index (χ1v) is 5.95. The summed E-state index contributed by atoms with van der Waals surface area (Å²) < 4.78 is 0. The second-order valence-corrected chi connectivity index (χ2v) is 4.61. The summed E-state index contributed by atoms with van der Waals surface area (Å²) in [5, 5.41) is 5.37. The third-order valence-corrected chi connectivity index (χ3v) is 2.88. The highest BCUT2D eigenvalue weighted by atomic mass is 16.2. The largest absolute Gasteiger partial charge is 0.338 e. The fourth-order valence-corrected chi connectivity index (χ4v) is 1.81. The van der Waals surface area contributed by atoms with E-state index in [1.807, 2.05) is 20.8 Å². The fraction of sp³-hybridized carbons (Fsp3) is 0.667. The Labute approximate surface area is 102 Å². The third kappa shape index (κ3) is 3.47. The Morgan fingerprint density at radius 1 is 1.53 bits per heavy atom. The molecule has 0 radical (unpaired) electrons. The molecule has 3 amide bonds. The molecule has 0 spiro atoms. The zero-order chi connectivity index (χ0) is 13.0. The van der Waals surface area contributed by atoms with Gasteiger partial charge in [0, 0.05) is 18.6 Å². The molecule has 0 aliphatic carbocycles. The quantitative estimate of drug-likeness (QED) is 0.715. The van der Waals surface area contributed by atoms with E-state index < -0.39 is 6.04 Å². The van der Waals surface area contributed by atoms with Crippen LogP contribution in [0.15, 0.2) is 12.7 Å². The Hall–Kier alpha value is -1.52. The first-order valence-electron chi connectivity index (χ1n) is 5.95. The predicted octanol–water partition coefficient (Wildman–Crippen LogP) is 0.869. The summed E-state index contributed by atoms with van der Waals surface area (Å²) in [5.74, 6) is 0.00130. The summed E-state index contributed by atoms with van der Waals surface area (Å²) in [5.41, 5.74) is 0. The number of amides is 3. The summed E-state index contributed by atoms with van der Waals surface area (Å²) in [6.07, 6.45) is 2.31. The first kappa shape index (κ1) is 13.5. The topological polar surface area (TPSA) is 61.4 Å². The van der Waals surface area contributed by atoms with Gasteiger partial charge in [0.05, 0.1) is 0 Å². The van der Waals surface area contributed by atoms with E-state index in [0.29, 0.717) is 13.0 Å². The van der Waals surface area contributed by atoms with Gasteiger partial charge in [0.25, 0.3) is 0 Å². The monoisotopic (exact) mass is 239 g/mol. The van der Waals surface area contributed by atoms with Crippen LogP contribution in [0.25, 0.3) is 0 Å². The van der Waals surface area contributed by atoms with Gasteiger partial charge in [-0.1, -0.05) is 6.08 Å². The average Bonchev–Trinajstić information content (AvgIpc) is 2.60. The minimum Gasteiger partial charge on any atom is -0.338 e. The molecule has 1 rings (SSSR count). The van der Waals surface area contributed by atoms with Gasteiger partial charge in [0.15, 0.2) is 0 Å². The number of carbonyl (C=O) groups is 2. The molecule has 0 aromatic carbocycles. The van der Waals surface area contributed by atoms with Crippen molar-refractivity contribution in [3.8, 4) is 0 Å². The Kier molecular flexibility index (Phi) is 4.54. The molecule has 2 atom stereocenters. The number of hydrogen-bond donors (Lipinski definition) is 2. The van der Waals surface area contributed by atoms with Crippen molar-refractivity contribution in [3.63, 3.8) is 0 Å². The molecular weight excluding hydrogens is 218 g/mol. The van der Waals surface area contributed by atoms with E-state index in [-0.39, 0.29) is 24.0 Å². The molecule has 5 nitrogen and oxygen atoms in total. The average molecular weight is 239 g/mol. The molecule has 1 fully saturated rings. The van der Waals surface area contributed by atoms with E-state index in [0.717, 1.165) is 0 Å². The maximum Gasteiger partial charge on any atom is 0.315 e. The normalized spacial score (nSPS) is 21.5. The van der Waals surface area contributed by atoms with E-state index in [9.17, 15) is 9.59 Å². The number of urea groups is 1. The van der Waals surface area contributed by atoms with Crippen LogP contribution in [-0.4, -0.2) is 41.5 Å². The van der Waals surface area contributed by atoms with E-state index in [4.69, 9.17) is 0 Å². The molecule has 1 aliphatic heterocycles. The van der Waals surface area contributed by atoms with Crippen molar-refractivity contribution in [2.24, 2.45) is 0 Å². The van der Waals surface area contributed by atoms with Crippen molar-refractivity contribution < 1.29 is 9.59 Å². The van der Waals surface area contributed by atoms with Crippen LogP contribution in [0, 0.1) is 0 Å². The number of likely N-dealkylation sites (tertiary alicyclic amines) is 1. The number of nitrogens with zero attached hydrogens (tertiary/aromatic N) is 1. The van der Waals surface area contributed by atoms with Crippen LogP contribution in [0.4, 0.5) is 4.79 Å². The van der Waals surface area contributed by atoms with Gasteiger partial charge in [-0.05, 0) is 27.2 Å². The predicted molar refractivity (Wildman–Crippen MR) is 66.6 cm³/mol. The van der Waals surface area contributed by atoms with Crippen LogP contribution in [0.2, 0.25) is 0 Å². The SMILES string of the molecule is C=CC(C)NC(=O)NC1CCN(C(C)C)C1=O. The number of carbonyl (C=O) groups excluding carboxylic acids is 2. The second-order valence-electron chi connectivity index (χ2n) is 4.61. The van der Waals surface area contributed by atoms with Gasteiger partial charge < -0.3 is 15.5 Å². The van der Waals surface area contributed by atoms with Gasteiger partial charge in [-0.15, -0.1) is 6.58 Å². The first-order chi connectivity index (χ1) is 7.95. The molecule has 0 aromatic rings. The van der Waals surface area contributed by atoms with Gasteiger partial charge in [-0.2, -0.15) is 0 Å². The van der Waals surface area contributed by atoms with Gasteiger partial charge in [-0.25, -0.2) is 4.79 Å². The zero-order valence-corrected chi connectivity index (χ0v) is 10.7. The van der Waals surface area contributed by atoms with Crippen molar-refractivity contribution in [2.45, 2.75) is 45.3 Å². The van der Waals surface area contributed by atoms with Gasteiger partial charge in [-0.3, -0.25) is 4.79 Å². The maximum absolute atomic E-state index is 11.9. The summed E-state index contributed by atoms with van der Waals surface area (Å²) in [6.45, 7) is 10.1. The van der Waals surface area contributed by atoms with Crippen molar-refractivity contribution in [3.05, 3.63) is 12.7 Å². The lowest BCUT2D eigenvalue weighted by Gasteiger charge is -2.21. The molecule has 0 saturated carbocycles. The molecule has 0 aromatic heterocycles. The van der Waals surface area contributed by atoms with Crippen LogP contribution < -0.4 is 10.6 Å². The van der Waals surface area contributed by atoms with Crippen molar-refractivity contribution in [2.75, 3.05) is 6.54 Å². The Bertz CT molecular complexity index is 315. The van der Waals surface area contributed by atoms with Crippen molar-refractivity contribution >= 4 is 11.9 Å². The summed E-state index contributed by atoms with van der Waals surface area (Å²) in [7, 11) is 0. The Morgan fingerprint density at radius 2 is 2.18 bits per heavy atom. The molecule has 1 aliphatic rings. The van der Waals surface area contributed by atoms with Gasteiger partial charge >= 0.3 is 6.03 Å². The van der Waals surface area contributed by atoms with Crippen LogP contribution in [-0.2, 0) is 4.79 Å². The fourth-order valence-electron chi connectivity index (χ4n) is 1.81. The van der Waals surface area contributed by atoms with Gasteiger partial charge in [0.1, 0.15) is 6.04 Å². The van der Waals surface area contributed by atoms with Crippen molar-refractivity contribution in [1.29, 1.82) is 0 Å². The van der Waals surface area contributed by atoms with Crippen LogP contribution in [0.5, 0.6) is 0 Å². The molecule has 2 unspecified atom stereocenters. The van der Waals surface area contributed by atoms with E-state index in [1.54, 1.807) is 11.0 Å². The number of rotatable bonds is 4. The highest BCUT2D eigenvalue weighted by Gasteiger charge is 2.33. The Balaban J connectivity index is 2.46. The lowest BCUT2D eigenvalue weighted by molar-refractivity contribution is -0.130. The summed E-state index contributed by atoms with van der Waals surface area (Å²) >= 11 is 0.